The number of imidazole rings is 1. The van der Waals surface area contributed by atoms with Crippen molar-refractivity contribution in [3.05, 3.63) is 77.9 Å². The van der Waals surface area contributed by atoms with E-state index in [0.717, 1.165) is 5.56 Å². The summed E-state index contributed by atoms with van der Waals surface area (Å²) < 4.78 is 39.2. The van der Waals surface area contributed by atoms with Gasteiger partial charge in [-0.25, -0.2) is 18.1 Å². The molecule has 9 nitrogen and oxygen atoms in total. The molecule has 0 fully saturated rings. The lowest BCUT2D eigenvalue weighted by Gasteiger charge is -2.21. The van der Waals surface area contributed by atoms with E-state index in [2.05, 4.69) is 15.0 Å². The Labute approximate surface area is 187 Å². The zero-order valence-electron chi connectivity index (χ0n) is 18.1. The molecule has 0 saturated heterocycles. The largest absolute Gasteiger partial charge is 0.496 e. The number of hydrogen-bond acceptors (Lipinski definition) is 6. The molecular formula is C22H26N4O5S. The Hall–Kier alpha value is -3.21. The summed E-state index contributed by atoms with van der Waals surface area (Å²) in [6.45, 7) is 0.419. The van der Waals surface area contributed by atoms with Gasteiger partial charge in [-0.2, -0.15) is 0 Å². The predicted molar refractivity (Wildman–Crippen MR) is 119 cm³/mol. The number of carbonyl (C=O) groups is 1. The van der Waals surface area contributed by atoms with Crippen LogP contribution < -0.4 is 14.8 Å². The quantitative estimate of drug-likeness (QED) is 0.449. The van der Waals surface area contributed by atoms with Gasteiger partial charge in [-0.1, -0.05) is 18.2 Å². The van der Waals surface area contributed by atoms with Gasteiger partial charge in [0.15, 0.2) is 0 Å². The molecule has 170 valence electrons. The third kappa shape index (κ3) is 5.34. The van der Waals surface area contributed by atoms with Crippen LogP contribution in [0.5, 0.6) is 5.75 Å². The normalized spacial score (nSPS) is 12.3. The fourth-order valence-corrected chi connectivity index (χ4v) is 4.22. The van der Waals surface area contributed by atoms with E-state index in [0.29, 0.717) is 17.1 Å². The minimum absolute atomic E-state index is 0.0653. The van der Waals surface area contributed by atoms with Crippen molar-refractivity contribution in [2.45, 2.75) is 10.9 Å². The third-order valence-electron chi connectivity index (χ3n) is 4.87. The maximum atomic E-state index is 13.0. The number of carbonyl (C=O) groups excluding carboxylic acids is 1. The van der Waals surface area contributed by atoms with Crippen molar-refractivity contribution in [3.8, 4) is 5.75 Å². The van der Waals surface area contributed by atoms with Gasteiger partial charge in [0.05, 0.1) is 18.6 Å². The number of rotatable bonds is 10. The number of ether oxygens (including phenoxy) is 2. The van der Waals surface area contributed by atoms with Crippen LogP contribution in [0.3, 0.4) is 0 Å². The fraction of sp³-hybridized carbons (Fsp3) is 0.273. The van der Waals surface area contributed by atoms with Crippen LogP contribution in [0, 0.1) is 0 Å². The summed E-state index contributed by atoms with van der Waals surface area (Å²) in [5.74, 6) is 0.869. The van der Waals surface area contributed by atoms with Crippen LogP contribution in [-0.2, 0) is 21.8 Å². The lowest BCUT2D eigenvalue weighted by molar-refractivity contribution is 0.0940. The Kier molecular flexibility index (Phi) is 7.62. The molecule has 3 rings (SSSR count). The van der Waals surface area contributed by atoms with Crippen molar-refractivity contribution in [3.63, 3.8) is 0 Å². The summed E-state index contributed by atoms with van der Waals surface area (Å²) in [5, 5.41) is 2.98. The number of nitrogens with zero attached hydrogens (tertiary/aromatic N) is 2. The average Bonchev–Trinajstić information content (AvgIpc) is 3.23. The van der Waals surface area contributed by atoms with Gasteiger partial charge in [0, 0.05) is 44.2 Å². The number of methoxy groups -OCH3 is 2. The molecule has 1 aromatic heterocycles. The van der Waals surface area contributed by atoms with Crippen LogP contribution in [0.1, 0.15) is 27.8 Å². The van der Waals surface area contributed by atoms with Crippen LogP contribution in [-0.4, -0.2) is 51.2 Å². The van der Waals surface area contributed by atoms with E-state index in [1.165, 1.54) is 31.4 Å². The number of hydrogen-bond donors (Lipinski definition) is 2. The van der Waals surface area contributed by atoms with E-state index in [1.54, 1.807) is 19.5 Å². The Morgan fingerprint density at radius 3 is 2.47 bits per heavy atom. The molecule has 0 aliphatic heterocycles. The first kappa shape index (κ1) is 23.5. The average molecular weight is 459 g/mol. The Morgan fingerprint density at radius 1 is 1.12 bits per heavy atom. The van der Waals surface area contributed by atoms with Crippen molar-refractivity contribution >= 4 is 15.9 Å². The smallest absolute Gasteiger partial charge is 0.252 e. The van der Waals surface area contributed by atoms with Gasteiger partial charge in [-0.3, -0.25) is 4.79 Å². The molecule has 1 atom stereocenters. The summed E-state index contributed by atoms with van der Waals surface area (Å²) in [6, 6.07) is 12.5. The summed E-state index contributed by atoms with van der Waals surface area (Å²) in [5.41, 5.74) is 1.06. The van der Waals surface area contributed by atoms with Gasteiger partial charge in [-0.05, 0) is 30.3 Å². The molecule has 1 amide bonds. The molecule has 0 radical (unpaired) electrons. The van der Waals surface area contributed by atoms with Gasteiger partial charge in [-0.15, -0.1) is 0 Å². The first-order chi connectivity index (χ1) is 15.4. The lowest BCUT2D eigenvalue weighted by Crippen LogP contribution is -2.31. The van der Waals surface area contributed by atoms with Gasteiger partial charge < -0.3 is 19.4 Å². The van der Waals surface area contributed by atoms with Crippen LogP contribution in [0.15, 0.2) is 65.8 Å². The Morgan fingerprint density at radius 2 is 1.84 bits per heavy atom. The van der Waals surface area contributed by atoms with Gasteiger partial charge in [0.1, 0.15) is 17.6 Å². The molecule has 0 spiro atoms. The van der Waals surface area contributed by atoms with E-state index >= 15 is 0 Å². The molecule has 0 aliphatic carbocycles. The maximum Gasteiger partial charge on any atom is 0.252 e. The fourth-order valence-electron chi connectivity index (χ4n) is 3.20. The van der Waals surface area contributed by atoms with Gasteiger partial charge >= 0.3 is 0 Å². The molecule has 2 N–H and O–H groups in total. The van der Waals surface area contributed by atoms with Crippen molar-refractivity contribution in [2.24, 2.45) is 7.05 Å². The molecular weight excluding hydrogens is 432 g/mol. The van der Waals surface area contributed by atoms with E-state index in [-0.39, 0.29) is 24.0 Å². The number of benzene rings is 2. The molecule has 0 aliphatic rings. The summed E-state index contributed by atoms with van der Waals surface area (Å²) >= 11 is 0. The number of sulfonamides is 1. The Balaban J connectivity index is 1.85. The van der Waals surface area contributed by atoms with E-state index in [1.807, 2.05) is 35.9 Å². The number of nitrogens with one attached hydrogen (secondary N) is 2. The highest BCUT2D eigenvalue weighted by molar-refractivity contribution is 7.89. The number of para-hydroxylation sites is 1. The lowest BCUT2D eigenvalue weighted by atomic mass is 10.0. The second kappa shape index (κ2) is 10.4. The molecule has 1 unspecified atom stereocenters. The van der Waals surface area contributed by atoms with Gasteiger partial charge in [0.25, 0.3) is 5.91 Å². The zero-order chi connectivity index (χ0) is 23.1. The highest BCUT2D eigenvalue weighted by Crippen LogP contribution is 2.29. The second-order valence-corrected chi connectivity index (χ2v) is 8.73. The third-order valence-corrected chi connectivity index (χ3v) is 6.34. The highest BCUT2D eigenvalue weighted by Gasteiger charge is 2.24. The maximum absolute atomic E-state index is 13.0. The van der Waals surface area contributed by atoms with E-state index in [4.69, 9.17) is 9.47 Å². The number of amides is 1. The predicted octanol–water partition coefficient (Wildman–Crippen LogP) is 1.87. The number of aromatic nitrogens is 2. The molecule has 1 heterocycles. The minimum Gasteiger partial charge on any atom is -0.496 e. The molecule has 10 heteroatoms. The van der Waals surface area contributed by atoms with E-state index in [9.17, 15) is 13.2 Å². The zero-order valence-corrected chi connectivity index (χ0v) is 18.9. The highest BCUT2D eigenvalue weighted by atomic mass is 32.2. The summed E-state index contributed by atoms with van der Waals surface area (Å²) in [7, 11) is 1.21. The summed E-state index contributed by atoms with van der Waals surface area (Å²) in [6.07, 6.45) is 3.44. The Bertz CT molecular complexity index is 1160. The van der Waals surface area contributed by atoms with Crippen LogP contribution in [0.2, 0.25) is 0 Å². The SMILES string of the molecule is COCCNS(=O)(=O)c1ccc(C(=O)NC(c2ccccc2OC)c2nccn2C)cc1. The standard InChI is InChI=1S/C22H26N4O5S/c1-26-14-12-23-21(26)20(18-6-4-5-7-19(18)31-3)25-22(27)16-8-10-17(11-9-16)32(28,29)24-13-15-30-2/h4-12,14,20,24H,13,15H2,1-3H3,(H,25,27). The summed E-state index contributed by atoms with van der Waals surface area (Å²) in [4.78, 5) is 17.5. The second-order valence-electron chi connectivity index (χ2n) is 6.96. The van der Waals surface area contributed by atoms with Crippen LogP contribution in [0.4, 0.5) is 0 Å². The molecule has 0 saturated carbocycles. The topological polar surface area (TPSA) is 112 Å². The van der Waals surface area contributed by atoms with Crippen LogP contribution >= 0.6 is 0 Å². The first-order valence-electron chi connectivity index (χ1n) is 9.87. The van der Waals surface area contributed by atoms with Crippen molar-refractivity contribution in [1.82, 2.24) is 19.6 Å². The van der Waals surface area contributed by atoms with Crippen molar-refractivity contribution in [2.75, 3.05) is 27.4 Å². The number of aryl methyl sites for hydroxylation is 1. The molecule has 2 aromatic carbocycles. The molecule has 32 heavy (non-hydrogen) atoms. The molecule has 0 bridgehead atoms. The van der Waals surface area contributed by atoms with Crippen molar-refractivity contribution < 1.29 is 22.7 Å². The van der Waals surface area contributed by atoms with Crippen molar-refractivity contribution in [1.29, 1.82) is 0 Å². The van der Waals surface area contributed by atoms with Gasteiger partial charge in [0.2, 0.25) is 10.0 Å². The van der Waals surface area contributed by atoms with E-state index < -0.39 is 16.1 Å². The monoisotopic (exact) mass is 458 g/mol. The minimum atomic E-state index is -3.68. The van der Waals surface area contributed by atoms with Crippen LogP contribution in [0.25, 0.3) is 0 Å². The molecule has 3 aromatic rings. The first-order valence-corrected chi connectivity index (χ1v) is 11.4.